The van der Waals surface area contributed by atoms with Gasteiger partial charge in [0.05, 0.1) is 5.37 Å². The summed E-state index contributed by atoms with van der Waals surface area (Å²) in [7, 11) is 0. The van der Waals surface area contributed by atoms with Crippen LogP contribution in [0.15, 0.2) is 0 Å². The third kappa shape index (κ3) is 2.28. The molecule has 0 aliphatic carbocycles. The van der Waals surface area contributed by atoms with Crippen molar-refractivity contribution < 1.29 is 19.4 Å². The summed E-state index contributed by atoms with van der Waals surface area (Å²) in [4.78, 5) is 24.9. The number of ether oxygens (including phenoxy) is 1. The Hall–Kier alpha value is -0.750. The molecule has 2 aliphatic rings. The van der Waals surface area contributed by atoms with Gasteiger partial charge in [-0.3, -0.25) is 4.79 Å². The van der Waals surface area contributed by atoms with Gasteiger partial charge in [0.15, 0.2) is 0 Å². The van der Waals surface area contributed by atoms with Crippen molar-refractivity contribution in [1.82, 2.24) is 4.90 Å². The van der Waals surface area contributed by atoms with E-state index in [2.05, 4.69) is 0 Å². The van der Waals surface area contributed by atoms with Crippen LogP contribution < -0.4 is 0 Å². The molecule has 0 bridgehead atoms. The molecule has 0 aromatic carbocycles. The number of amides is 1. The molecule has 2 fully saturated rings. The summed E-state index contributed by atoms with van der Waals surface area (Å²) in [6, 6.07) is -0.709. The summed E-state index contributed by atoms with van der Waals surface area (Å²) < 4.78 is 5.42. The molecule has 17 heavy (non-hydrogen) atoms. The van der Waals surface area contributed by atoms with Gasteiger partial charge in [-0.25, -0.2) is 4.79 Å². The summed E-state index contributed by atoms with van der Waals surface area (Å²) in [5, 5.41) is 9.03. The van der Waals surface area contributed by atoms with E-state index < -0.39 is 18.1 Å². The highest BCUT2D eigenvalue weighted by atomic mass is 32.2. The zero-order chi connectivity index (χ0) is 12.6. The van der Waals surface area contributed by atoms with Gasteiger partial charge < -0.3 is 14.7 Å². The number of carbonyl (C=O) groups excluding carboxylic acids is 1. The van der Waals surface area contributed by atoms with Crippen molar-refractivity contribution >= 4 is 23.6 Å². The SMILES string of the molecule is CC1CCOC1C(=O)N1C(C)SCC1C(=O)O. The third-order valence-corrected chi connectivity index (χ3v) is 4.61. The first-order valence-electron chi connectivity index (χ1n) is 5.80. The lowest BCUT2D eigenvalue weighted by Gasteiger charge is -2.28. The molecule has 0 aromatic heterocycles. The van der Waals surface area contributed by atoms with E-state index in [0.717, 1.165) is 6.42 Å². The number of hydrogen-bond acceptors (Lipinski definition) is 4. The van der Waals surface area contributed by atoms with Gasteiger partial charge >= 0.3 is 5.97 Å². The van der Waals surface area contributed by atoms with Crippen LogP contribution in [-0.2, 0) is 14.3 Å². The molecule has 4 unspecified atom stereocenters. The number of hydrogen-bond donors (Lipinski definition) is 1. The van der Waals surface area contributed by atoms with E-state index in [4.69, 9.17) is 9.84 Å². The van der Waals surface area contributed by atoms with Crippen LogP contribution >= 0.6 is 11.8 Å². The molecule has 6 heteroatoms. The monoisotopic (exact) mass is 259 g/mol. The fourth-order valence-electron chi connectivity index (χ4n) is 2.33. The van der Waals surface area contributed by atoms with Gasteiger partial charge in [-0.1, -0.05) is 6.92 Å². The molecule has 2 aliphatic heterocycles. The lowest BCUT2D eigenvalue weighted by atomic mass is 10.0. The van der Waals surface area contributed by atoms with Gasteiger partial charge in [-0.15, -0.1) is 11.8 Å². The molecular formula is C11H17NO4S. The predicted octanol–water partition coefficient (Wildman–Crippen LogP) is 0.786. The van der Waals surface area contributed by atoms with E-state index in [9.17, 15) is 9.59 Å². The summed E-state index contributed by atoms with van der Waals surface area (Å²) in [6.07, 6.45) is 0.404. The Balaban J connectivity index is 2.13. The number of carboxylic acids is 1. The molecule has 0 spiro atoms. The van der Waals surface area contributed by atoms with Crippen LogP contribution in [0.3, 0.4) is 0 Å². The van der Waals surface area contributed by atoms with Gasteiger partial charge in [0.1, 0.15) is 12.1 Å². The smallest absolute Gasteiger partial charge is 0.327 e. The van der Waals surface area contributed by atoms with Crippen LogP contribution in [0.2, 0.25) is 0 Å². The lowest BCUT2D eigenvalue weighted by molar-refractivity contribution is -0.154. The molecule has 0 radical (unpaired) electrons. The van der Waals surface area contributed by atoms with Crippen LogP contribution in [-0.4, -0.2) is 51.8 Å². The standard InChI is InChI=1S/C11H17NO4S/c1-6-3-4-16-9(6)10(13)12-7(2)17-5-8(12)11(14)15/h6-9H,3-5H2,1-2H3,(H,14,15). The maximum absolute atomic E-state index is 12.3. The Bertz CT molecular complexity index is 335. The van der Waals surface area contributed by atoms with Gasteiger partial charge in [-0.05, 0) is 19.3 Å². The Morgan fingerprint density at radius 2 is 2.12 bits per heavy atom. The van der Waals surface area contributed by atoms with E-state index in [1.165, 1.54) is 16.7 Å². The average molecular weight is 259 g/mol. The third-order valence-electron chi connectivity index (χ3n) is 3.39. The van der Waals surface area contributed by atoms with Gasteiger partial charge in [0.2, 0.25) is 0 Å². The van der Waals surface area contributed by atoms with Crippen molar-refractivity contribution in [1.29, 1.82) is 0 Å². The number of aliphatic carboxylic acids is 1. The molecule has 2 rings (SSSR count). The zero-order valence-corrected chi connectivity index (χ0v) is 10.8. The average Bonchev–Trinajstić information content (AvgIpc) is 2.83. The highest BCUT2D eigenvalue weighted by molar-refractivity contribution is 8.00. The minimum absolute atomic E-state index is 0.0833. The van der Waals surface area contributed by atoms with Crippen LogP contribution in [0.4, 0.5) is 0 Å². The summed E-state index contributed by atoms with van der Waals surface area (Å²) in [5.41, 5.74) is 0. The fraction of sp³-hybridized carbons (Fsp3) is 0.818. The number of thioether (sulfide) groups is 1. The molecule has 1 amide bonds. The van der Waals surface area contributed by atoms with Crippen molar-refractivity contribution in [3.8, 4) is 0 Å². The normalized spacial score (nSPS) is 37.4. The molecule has 2 heterocycles. The summed E-state index contributed by atoms with van der Waals surface area (Å²) in [5.74, 6) is -0.459. The van der Waals surface area contributed by atoms with Gasteiger partial charge in [0, 0.05) is 12.4 Å². The highest BCUT2D eigenvalue weighted by Gasteiger charge is 2.44. The first kappa shape index (κ1) is 12.7. The summed E-state index contributed by atoms with van der Waals surface area (Å²) in [6.45, 7) is 4.43. The van der Waals surface area contributed by atoms with E-state index in [1.807, 2.05) is 13.8 Å². The minimum atomic E-state index is -0.930. The Labute approximate surface area is 104 Å². The second-order valence-corrected chi connectivity index (χ2v) is 5.94. The van der Waals surface area contributed by atoms with E-state index >= 15 is 0 Å². The van der Waals surface area contributed by atoms with Crippen LogP contribution in [0.1, 0.15) is 20.3 Å². The van der Waals surface area contributed by atoms with Crippen molar-refractivity contribution in [2.75, 3.05) is 12.4 Å². The molecule has 0 aromatic rings. The first-order valence-corrected chi connectivity index (χ1v) is 6.85. The fourth-order valence-corrected chi connectivity index (χ4v) is 3.50. The highest BCUT2D eigenvalue weighted by Crippen LogP contribution is 2.32. The summed E-state index contributed by atoms with van der Waals surface area (Å²) >= 11 is 1.50. The van der Waals surface area contributed by atoms with Crippen molar-refractivity contribution in [2.24, 2.45) is 5.92 Å². The van der Waals surface area contributed by atoms with Gasteiger partial charge in [-0.2, -0.15) is 0 Å². The maximum Gasteiger partial charge on any atom is 0.327 e. The van der Waals surface area contributed by atoms with Crippen LogP contribution in [0, 0.1) is 5.92 Å². The maximum atomic E-state index is 12.3. The van der Waals surface area contributed by atoms with Crippen molar-refractivity contribution in [3.63, 3.8) is 0 Å². The number of rotatable bonds is 2. The number of carbonyl (C=O) groups is 2. The Kier molecular flexibility index (Phi) is 3.63. The predicted molar refractivity (Wildman–Crippen MR) is 63.7 cm³/mol. The van der Waals surface area contributed by atoms with Crippen molar-refractivity contribution in [2.45, 2.75) is 37.8 Å². The Morgan fingerprint density at radius 1 is 1.41 bits per heavy atom. The van der Waals surface area contributed by atoms with E-state index in [1.54, 1.807) is 0 Å². The second-order valence-electron chi connectivity index (χ2n) is 4.59. The minimum Gasteiger partial charge on any atom is -0.480 e. The van der Waals surface area contributed by atoms with Crippen molar-refractivity contribution in [3.05, 3.63) is 0 Å². The second kappa shape index (κ2) is 4.86. The number of nitrogens with zero attached hydrogens (tertiary/aromatic N) is 1. The zero-order valence-electron chi connectivity index (χ0n) is 9.96. The lowest BCUT2D eigenvalue weighted by Crippen LogP contribution is -2.50. The van der Waals surface area contributed by atoms with Crippen LogP contribution in [0.25, 0.3) is 0 Å². The van der Waals surface area contributed by atoms with E-state index in [-0.39, 0.29) is 17.2 Å². The molecule has 2 saturated heterocycles. The van der Waals surface area contributed by atoms with Gasteiger partial charge in [0.25, 0.3) is 5.91 Å². The molecule has 4 atom stereocenters. The largest absolute Gasteiger partial charge is 0.480 e. The first-order chi connectivity index (χ1) is 8.02. The van der Waals surface area contributed by atoms with E-state index in [0.29, 0.717) is 12.4 Å². The quantitative estimate of drug-likeness (QED) is 0.794. The topological polar surface area (TPSA) is 66.8 Å². The molecular weight excluding hydrogens is 242 g/mol. The molecule has 1 N–H and O–H groups in total. The van der Waals surface area contributed by atoms with Crippen LogP contribution in [0.5, 0.6) is 0 Å². The molecule has 0 saturated carbocycles. The Morgan fingerprint density at radius 3 is 2.65 bits per heavy atom. The molecule has 5 nitrogen and oxygen atoms in total. The molecule has 96 valence electrons. The number of carboxylic acid groups (broad SMARTS) is 1.